The third-order valence-corrected chi connectivity index (χ3v) is 4.09. The molecular formula is C12H24N2O2. The highest BCUT2D eigenvalue weighted by molar-refractivity contribution is 5.82. The quantitative estimate of drug-likeness (QED) is 0.661. The number of aliphatic hydroxyl groups excluding tert-OH is 1. The molecule has 0 aromatic carbocycles. The monoisotopic (exact) mass is 228 g/mol. The van der Waals surface area contributed by atoms with Crippen LogP contribution in [0.25, 0.3) is 0 Å². The normalized spacial score (nSPS) is 31.4. The van der Waals surface area contributed by atoms with Gasteiger partial charge in [0.25, 0.3) is 0 Å². The van der Waals surface area contributed by atoms with Gasteiger partial charge in [-0.2, -0.15) is 0 Å². The van der Waals surface area contributed by atoms with Crippen LogP contribution in [0.4, 0.5) is 0 Å². The summed E-state index contributed by atoms with van der Waals surface area (Å²) in [6.45, 7) is 7.92. The third kappa shape index (κ3) is 2.38. The van der Waals surface area contributed by atoms with Crippen LogP contribution in [0, 0.1) is 11.3 Å². The van der Waals surface area contributed by atoms with Gasteiger partial charge in [-0.3, -0.25) is 4.79 Å². The Hall–Kier alpha value is -0.610. The Bertz CT molecular complexity index is 266. The highest BCUT2D eigenvalue weighted by Crippen LogP contribution is 2.40. The molecule has 0 aromatic heterocycles. The Morgan fingerprint density at radius 2 is 2.19 bits per heavy atom. The van der Waals surface area contributed by atoms with Gasteiger partial charge in [0, 0.05) is 11.5 Å². The van der Waals surface area contributed by atoms with Gasteiger partial charge in [0.2, 0.25) is 5.91 Å². The second-order valence-corrected chi connectivity index (χ2v) is 5.55. The van der Waals surface area contributed by atoms with Crippen molar-refractivity contribution in [1.29, 1.82) is 0 Å². The lowest BCUT2D eigenvalue weighted by molar-refractivity contribution is -0.131. The molecule has 1 saturated carbocycles. The molecule has 0 radical (unpaired) electrons. The fourth-order valence-electron chi connectivity index (χ4n) is 1.93. The Labute approximate surface area is 97.6 Å². The van der Waals surface area contributed by atoms with E-state index in [1.54, 1.807) is 0 Å². The van der Waals surface area contributed by atoms with E-state index in [2.05, 4.69) is 5.32 Å². The molecular weight excluding hydrogens is 204 g/mol. The summed E-state index contributed by atoms with van der Waals surface area (Å²) in [7, 11) is 0. The summed E-state index contributed by atoms with van der Waals surface area (Å²) in [5, 5.41) is 12.5. The molecule has 0 saturated heterocycles. The number of nitrogens with two attached hydrogens (primary N) is 1. The second-order valence-electron chi connectivity index (χ2n) is 5.55. The first-order chi connectivity index (χ1) is 7.30. The van der Waals surface area contributed by atoms with Crippen LogP contribution in [-0.2, 0) is 4.79 Å². The van der Waals surface area contributed by atoms with E-state index in [1.807, 2.05) is 27.7 Å². The molecule has 2 unspecified atom stereocenters. The van der Waals surface area contributed by atoms with Gasteiger partial charge in [-0.25, -0.2) is 0 Å². The van der Waals surface area contributed by atoms with Crippen LogP contribution >= 0.6 is 0 Å². The zero-order valence-corrected chi connectivity index (χ0v) is 10.7. The van der Waals surface area contributed by atoms with E-state index in [1.165, 1.54) is 0 Å². The lowest BCUT2D eigenvalue weighted by atomic mass is 9.64. The maximum absolute atomic E-state index is 11.8. The minimum absolute atomic E-state index is 0.0464. The Balaban J connectivity index is 2.47. The van der Waals surface area contributed by atoms with Crippen LogP contribution in [0.1, 0.15) is 40.5 Å². The number of amides is 1. The maximum Gasteiger partial charge on any atom is 0.237 e. The van der Waals surface area contributed by atoms with Gasteiger partial charge >= 0.3 is 0 Å². The van der Waals surface area contributed by atoms with Crippen LogP contribution in [0.2, 0.25) is 0 Å². The maximum atomic E-state index is 11.8. The second kappa shape index (κ2) is 4.72. The molecule has 4 nitrogen and oxygen atoms in total. The largest absolute Gasteiger partial charge is 0.392 e. The molecule has 1 amide bonds. The van der Waals surface area contributed by atoms with Crippen molar-refractivity contribution in [3.63, 3.8) is 0 Å². The zero-order chi connectivity index (χ0) is 12.5. The smallest absolute Gasteiger partial charge is 0.237 e. The van der Waals surface area contributed by atoms with E-state index in [0.29, 0.717) is 6.42 Å². The van der Waals surface area contributed by atoms with E-state index in [-0.39, 0.29) is 29.4 Å². The number of aliphatic hydroxyl groups is 1. The van der Waals surface area contributed by atoms with Gasteiger partial charge in [0.1, 0.15) is 0 Å². The summed E-state index contributed by atoms with van der Waals surface area (Å²) in [6, 6.07) is -0.399. The summed E-state index contributed by atoms with van der Waals surface area (Å²) >= 11 is 0. The minimum Gasteiger partial charge on any atom is -0.392 e. The van der Waals surface area contributed by atoms with E-state index in [9.17, 15) is 9.90 Å². The molecule has 0 aliphatic heterocycles. The summed E-state index contributed by atoms with van der Waals surface area (Å²) in [5.41, 5.74) is 5.62. The number of carbonyl (C=O) groups excluding carboxylic acids is 1. The van der Waals surface area contributed by atoms with Crippen molar-refractivity contribution in [3.8, 4) is 0 Å². The van der Waals surface area contributed by atoms with Crippen LogP contribution in [-0.4, -0.2) is 29.2 Å². The van der Waals surface area contributed by atoms with Crippen LogP contribution < -0.4 is 11.1 Å². The highest BCUT2D eigenvalue weighted by Gasteiger charge is 2.48. The predicted octanol–water partition coefficient (Wildman–Crippen LogP) is 0.635. The van der Waals surface area contributed by atoms with E-state index in [4.69, 9.17) is 5.73 Å². The number of nitrogens with one attached hydrogen (secondary N) is 1. The molecule has 94 valence electrons. The molecule has 1 rings (SSSR count). The molecule has 0 aromatic rings. The molecule has 0 bridgehead atoms. The highest BCUT2D eigenvalue weighted by atomic mass is 16.3. The van der Waals surface area contributed by atoms with Crippen molar-refractivity contribution in [1.82, 2.24) is 5.32 Å². The molecule has 4 atom stereocenters. The molecule has 1 fully saturated rings. The molecule has 1 aliphatic rings. The number of carbonyl (C=O) groups is 1. The van der Waals surface area contributed by atoms with Gasteiger partial charge in [0.15, 0.2) is 0 Å². The third-order valence-electron chi connectivity index (χ3n) is 4.09. The summed E-state index contributed by atoms with van der Waals surface area (Å²) in [5.74, 6) is 0.0902. The number of hydrogen-bond donors (Lipinski definition) is 3. The topological polar surface area (TPSA) is 75.4 Å². The van der Waals surface area contributed by atoms with E-state index >= 15 is 0 Å². The fraction of sp³-hybridized carbons (Fsp3) is 0.917. The van der Waals surface area contributed by atoms with Crippen LogP contribution in [0.15, 0.2) is 0 Å². The minimum atomic E-state index is -0.446. The SMILES string of the molecule is CC[C@H](C)[C@H](N)C(=O)NC1CC(O)C1(C)C. The molecule has 4 heteroatoms. The van der Waals surface area contributed by atoms with Gasteiger partial charge in [-0.15, -0.1) is 0 Å². The van der Waals surface area contributed by atoms with Gasteiger partial charge in [-0.1, -0.05) is 34.1 Å². The van der Waals surface area contributed by atoms with Crippen molar-refractivity contribution in [2.75, 3.05) is 0 Å². The van der Waals surface area contributed by atoms with Crippen molar-refractivity contribution >= 4 is 5.91 Å². The lowest BCUT2D eigenvalue weighted by Crippen LogP contribution is -2.63. The summed E-state index contributed by atoms with van der Waals surface area (Å²) in [6.07, 6.45) is 1.20. The summed E-state index contributed by atoms with van der Waals surface area (Å²) in [4.78, 5) is 11.8. The Kier molecular flexibility index (Phi) is 3.97. The molecule has 16 heavy (non-hydrogen) atoms. The van der Waals surface area contributed by atoms with Gasteiger partial charge in [-0.05, 0) is 12.3 Å². The van der Waals surface area contributed by atoms with Gasteiger partial charge < -0.3 is 16.2 Å². The van der Waals surface area contributed by atoms with E-state index < -0.39 is 6.04 Å². The molecule has 4 N–H and O–H groups in total. The lowest BCUT2D eigenvalue weighted by Gasteiger charge is -2.49. The predicted molar refractivity (Wildman–Crippen MR) is 63.8 cm³/mol. The average molecular weight is 228 g/mol. The number of rotatable bonds is 4. The molecule has 1 aliphatic carbocycles. The van der Waals surface area contributed by atoms with Crippen molar-refractivity contribution < 1.29 is 9.90 Å². The Morgan fingerprint density at radius 3 is 2.56 bits per heavy atom. The van der Waals surface area contributed by atoms with Crippen molar-refractivity contribution in [2.24, 2.45) is 17.1 Å². The molecule has 0 spiro atoms. The average Bonchev–Trinajstić information content (AvgIpc) is 2.26. The Morgan fingerprint density at radius 1 is 1.62 bits per heavy atom. The van der Waals surface area contributed by atoms with Crippen molar-refractivity contribution in [3.05, 3.63) is 0 Å². The van der Waals surface area contributed by atoms with Crippen LogP contribution in [0.5, 0.6) is 0 Å². The first-order valence-corrected chi connectivity index (χ1v) is 6.04. The standard InChI is InChI=1S/C12H24N2O2/c1-5-7(2)10(13)11(16)14-8-6-9(15)12(8,3)4/h7-10,15H,5-6,13H2,1-4H3,(H,14,16)/t7-,8?,9?,10-/m0/s1. The van der Waals surface area contributed by atoms with Gasteiger partial charge in [0.05, 0.1) is 12.1 Å². The number of hydrogen-bond acceptors (Lipinski definition) is 3. The fourth-order valence-corrected chi connectivity index (χ4v) is 1.93. The first kappa shape index (κ1) is 13.5. The first-order valence-electron chi connectivity index (χ1n) is 6.04. The molecule has 0 heterocycles. The summed E-state index contributed by atoms with van der Waals surface area (Å²) < 4.78 is 0. The van der Waals surface area contributed by atoms with E-state index in [0.717, 1.165) is 6.42 Å². The van der Waals surface area contributed by atoms with Crippen molar-refractivity contribution in [2.45, 2.75) is 58.7 Å². The van der Waals surface area contributed by atoms with Crippen LogP contribution in [0.3, 0.4) is 0 Å². The zero-order valence-electron chi connectivity index (χ0n) is 10.7.